The van der Waals surface area contributed by atoms with Crippen molar-refractivity contribution in [2.24, 2.45) is 0 Å². The highest BCUT2D eigenvalue weighted by Gasteiger charge is 2.35. The molecule has 0 fully saturated rings. The fraction of sp³-hybridized carbons (Fsp3) is 0.400. The van der Waals surface area contributed by atoms with Gasteiger partial charge in [-0.1, -0.05) is 0 Å². The molecule has 1 N–H and O–H groups in total. The summed E-state index contributed by atoms with van der Waals surface area (Å²) >= 11 is 0. The van der Waals surface area contributed by atoms with Crippen molar-refractivity contribution < 1.29 is 17.9 Å². The van der Waals surface area contributed by atoms with Gasteiger partial charge in [0.1, 0.15) is 5.75 Å². The molecule has 0 saturated heterocycles. The Bertz CT molecular complexity index is 392. The third-order valence-corrected chi connectivity index (χ3v) is 2.44. The van der Waals surface area contributed by atoms with Crippen molar-refractivity contribution >= 4 is 18.1 Å². The summed E-state index contributed by atoms with van der Waals surface area (Å²) in [6.07, 6.45) is -3.63. The fourth-order valence-electron chi connectivity index (χ4n) is 1.72. The van der Waals surface area contributed by atoms with Gasteiger partial charge in [-0.25, -0.2) is 0 Å². The van der Waals surface area contributed by atoms with Crippen molar-refractivity contribution in [3.63, 3.8) is 0 Å². The zero-order valence-corrected chi connectivity index (χ0v) is 9.34. The Morgan fingerprint density at radius 2 is 2.00 bits per heavy atom. The Hall–Kier alpha value is -1.10. The molecule has 0 radical (unpaired) electrons. The van der Waals surface area contributed by atoms with E-state index in [1.54, 1.807) is 0 Å². The van der Waals surface area contributed by atoms with Crippen LogP contribution in [-0.4, -0.2) is 13.7 Å². The smallest absolute Gasteiger partial charge is 0.420 e. The van der Waals surface area contributed by atoms with Crippen molar-refractivity contribution in [1.82, 2.24) is 0 Å². The highest BCUT2D eigenvalue weighted by Crippen LogP contribution is 2.40. The molecule has 0 atom stereocenters. The summed E-state index contributed by atoms with van der Waals surface area (Å²) in [6, 6.07) is 2.57. The van der Waals surface area contributed by atoms with Crippen LogP contribution < -0.4 is 10.1 Å². The fourth-order valence-corrected chi connectivity index (χ4v) is 1.72. The summed E-state index contributed by atoms with van der Waals surface area (Å²) in [7, 11) is 1.25. The molecule has 6 heteroatoms. The summed E-state index contributed by atoms with van der Waals surface area (Å²) in [5.74, 6) is -0.107. The third kappa shape index (κ3) is 2.19. The van der Waals surface area contributed by atoms with Crippen LogP contribution in [0.4, 0.5) is 18.9 Å². The highest BCUT2D eigenvalue weighted by molar-refractivity contribution is 5.85. The minimum atomic E-state index is -4.37. The lowest BCUT2D eigenvalue weighted by Gasteiger charge is -2.13. The molecule has 16 heavy (non-hydrogen) atoms. The predicted octanol–water partition coefficient (Wildman–Crippen LogP) is 3.10. The number of rotatable bonds is 1. The SMILES string of the molecule is COc1cc2c(cc1C(F)(F)F)NCC2.Cl. The van der Waals surface area contributed by atoms with Crippen molar-refractivity contribution in [3.8, 4) is 5.75 Å². The Labute approximate surface area is 97.2 Å². The van der Waals surface area contributed by atoms with Gasteiger partial charge in [-0.15, -0.1) is 12.4 Å². The highest BCUT2D eigenvalue weighted by atomic mass is 35.5. The van der Waals surface area contributed by atoms with E-state index in [4.69, 9.17) is 4.74 Å². The first-order valence-corrected chi connectivity index (χ1v) is 4.54. The van der Waals surface area contributed by atoms with Gasteiger partial charge in [-0.3, -0.25) is 0 Å². The van der Waals surface area contributed by atoms with Gasteiger partial charge in [0.25, 0.3) is 0 Å². The van der Waals surface area contributed by atoms with Crippen LogP contribution in [0.5, 0.6) is 5.75 Å². The second kappa shape index (κ2) is 4.41. The number of alkyl halides is 3. The zero-order valence-electron chi connectivity index (χ0n) is 8.52. The molecule has 0 aliphatic carbocycles. The van der Waals surface area contributed by atoms with Gasteiger partial charge in [-0.05, 0) is 24.1 Å². The van der Waals surface area contributed by atoms with Gasteiger partial charge in [-0.2, -0.15) is 13.2 Å². The van der Waals surface area contributed by atoms with Crippen LogP contribution in [0.3, 0.4) is 0 Å². The molecule has 1 aromatic rings. The van der Waals surface area contributed by atoms with Crippen molar-refractivity contribution in [3.05, 3.63) is 23.3 Å². The van der Waals surface area contributed by atoms with Crippen LogP contribution in [-0.2, 0) is 12.6 Å². The molecule has 1 aliphatic rings. The van der Waals surface area contributed by atoms with E-state index in [1.165, 1.54) is 13.2 Å². The molecular formula is C10H11ClF3NO. The Morgan fingerprint density at radius 3 is 2.56 bits per heavy atom. The van der Waals surface area contributed by atoms with E-state index in [0.717, 1.165) is 18.1 Å². The summed E-state index contributed by atoms with van der Waals surface area (Å²) < 4.78 is 42.5. The molecule has 90 valence electrons. The molecule has 0 bridgehead atoms. The summed E-state index contributed by atoms with van der Waals surface area (Å²) in [4.78, 5) is 0. The lowest BCUT2D eigenvalue weighted by atomic mass is 10.1. The first kappa shape index (κ1) is 13.0. The van der Waals surface area contributed by atoms with Crippen LogP contribution >= 0.6 is 12.4 Å². The molecule has 2 rings (SSSR count). The van der Waals surface area contributed by atoms with Crippen LogP contribution in [0.1, 0.15) is 11.1 Å². The van der Waals surface area contributed by atoms with E-state index in [-0.39, 0.29) is 18.2 Å². The Kier molecular flexibility index (Phi) is 3.57. The molecule has 0 saturated carbocycles. The van der Waals surface area contributed by atoms with Gasteiger partial charge in [0.05, 0.1) is 12.7 Å². The van der Waals surface area contributed by atoms with E-state index in [9.17, 15) is 13.2 Å². The first-order chi connectivity index (χ1) is 7.02. The average molecular weight is 254 g/mol. The van der Waals surface area contributed by atoms with E-state index in [2.05, 4.69) is 5.32 Å². The zero-order chi connectivity index (χ0) is 11.1. The molecular weight excluding hydrogens is 243 g/mol. The lowest BCUT2D eigenvalue weighted by Crippen LogP contribution is -2.08. The minimum Gasteiger partial charge on any atom is -0.496 e. The minimum absolute atomic E-state index is 0. The van der Waals surface area contributed by atoms with Crippen molar-refractivity contribution in [1.29, 1.82) is 0 Å². The number of benzene rings is 1. The van der Waals surface area contributed by atoms with Crippen LogP contribution in [0.15, 0.2) is 12.1 Å². The summed E-state index contributed by atoms with van der Waals surface area (Å²) in [6.45, 7) is 0.680. The van der Waals surface area contributed by atoms with Gasteiger partial charge in [0.2, 0.25) is 0 Å². The molecule has 1 aromatic carbocycles. The maximum Gasteiger partial charge on any atom is 0.420 e. The third-order valence-electron chi connectivity index (χ3n) is 2.44. The number of anilines is 1. The number of nitrogens with one attached hydrogen (secondary N) is 1. The summed E-state index contributed by atoms with van der Waals surface area (Å²) in [5, 5.41) is 2.91. The van der Waals surface area contributed by atoms with Crippen LogP contribution in [0.2, 0.25) is 0 Å². The second-order valence-corrected chi connectivity index (χ2v) is 3.38. The number of halogens is 4. The number of hydrogen-bond acceptors (Lipinski definition) is 2. The average Bonchev–Trinajstić information content (AvgIpc) is 2.60. The molecule has 0 unspecified atom stereocenters. The van der Waals surface area contributed by atoms with Crippen LogP contribution in [0, 0.1) is 0 Å². The van der Waals surface area contributed by atoms with Gasteiger partial charge < -0.3 is 10.1 Å². The monoisotopic (exact) mass is 253 g/mol. The molecule has 0 spiro atoms. The van der Waals surface area contributed by atoms with E-state index < -0.39 is 11.7 Å². The van der Waals surface area contributed by atoms with E-state index in [0.29, 0.717) is 12.2 Å². The Balaban J connectivity index is 0.00000128. The molecule has 1 heterocycles. The standard InChI is InChI=1S/C10H10F3NO.ClH/c1-15-9-4-6-2-3-14-8(6)5-7(9)10(11,12)13;/h4-5,14H,2-3H2,1H3;1H. The normalized spacial score (nSPS) is 13.8. The number of methoxy groups -OCH3 is 1. The van der Waals surface area contributed by atoms with Crippen molar-refractivity contribution in [2.45, 2.75) is 12.6 Å². The van der Waals surface area contributed by atoms with Gasteiger partial charge >= 0.3 is 6.18 Å². The van der Waals surface area contributed by atoms with Crippen molar-refractivity contribution in [2.75, 3.05) is 19.0 Å². The number of fused-ring (bicyclic) bond motifs is 1. The molecule has 0 aromatic heterocycles. The second-order valence-electron chi connectivity index (χ2n) is 3.38. The number of hydrogen-bond donors (Lipinski definition) is 1. The number of ether oxygens (including phenoxy) is 1. The van der Waals surface area contributed by atoms with Crippen LogP contribution in [0.25, 0.3) is 0 Å². The largest absolute Gasteiger partial charge is 0.496 e. The van der Waals surface area contributed by atoms with Gasteiger partial charge in [0.15, 0.2) is 0 Å². The Morgan fingerprint density at radius 1 is 1.31 bits per heavy atom. The quantitative estimate of drug-likeness (QED) is 0.830. The first-order valence-electron chi connectivity index (χ1n) is 4.54. The maximum absolute atomic E-state index is 12.6. The lowest BCUT2D eigenvalue weighted by molar-refractivity contribution is -0.138. The summed E-state index contributed by atoms with van der Waals surface area (Å²) in [5.41, 5.74) is 0.709. The van der Waals surface area contributed by atoms with Gasteiger partial charge in [0, 0.05) is 12.2 Å². The molecule has 2 nitrogen and oxygen atoms in total. The molecule has 1 aliphatic heterocycles. The molecule has 0 amide bonds. The van der Waals surface area contributed by atoms with E-state index >= 15 is 0 Å². The predicted molar refractivity (Wildman–Crippen MR) is 57.4 cm³/mol. The maximum atomic E-state index is 12.6. The topological polar surface area (TPSA) is 21.3 Å². The van der Waals surface area contributed by atoms with E-state index in [1.807, 2.05) is 0 Å².